The number of anilines is 1. The van der Waals surface area contributed by atoms with Crippen LogP contribution in [-0.2, 0) is 15.0 Å². The third kappa shape index (κ3) is 4.71. The summed E-state index contributed by atoms with van der Waals surface area (Å²) in [4.78, 5) is 46.8. The number of halogens is 2. The van der Waals surface area contributed by atoms with Gasteiger partial charge in [-0.25, -0.2) is 8.78 Å². The van der Waals surface area contributed by atoms with E-state index in [9.17, 15) is 23.2 Å². The third-order valence-electron chi connectivity index (χ3n) is 8.23. The number of benzene rings is 2. The molecule has 2 aliphatic heterocycles. The van der Waals surface area contributed by atoms with E-state index in [4.69, 9.17) is 5.41 Å². The van der Waals surface area contributed by atoms with Gasteiger partial charge in [0.05, 0.1) is 17.0 Å². The van der Waals surface area contributed by atoms with Crippen LogP contribution in [0.25, 0.3) is 16.5 Å². The van der Waals surface area contributed by atoms with Gasteiger partial charge in [-0.05, 0) is 61.1 Å². The first-order valence-electron chi connectivity index (χ1n) is 13.5. The number of amides is 3. The zero-order valence-corrected chi connectivity index (χ0v) is 23.5. The standard InChI is InChI=1S/C31H33F2N5O3/c1-16(2)8-27(37(5)28(39)26-12-21-23(33)10-19(32)11-25(21)35-26)29(40)38-15-31(13-20(38)14-34)22-9-18(17(3)4)6-7-24(22)36-30(31)41/h6-7,9-12,14,16,20,27,34-35H,3,8,13,15H2,1-2,4-5H3,(H,36,41)/t20-,27-,31-/m0/s1. The Morgan fingerprint density at radius 2 is 1.98 bits per heavy atom. The summed E-state index contributed by atoms with van der Waals surface area (Å²) in [7, 11) is 1.50. The summed E-state index contributed by atoms with van der Waals surface area (Å²) in [6, 6.07) is 7.22. The van der Waals surface area contributed by atoms with Crippen LogP contribution >= 0.6 is 0 Å². The van der Waals surface area contributed by atoms with Crippen LogP contribution in [0.15, 0.2) is 43.0 Å². The minimum atomic E-state index is -1.04. The molecule has 41 heavy (non-hydrogen) atoms. The average molecular weight is 562 g/mol. The fourth-order valence-electron chi connectivity index (χ4n) is 6.04. The van der Waals surface area contributed by atoms with Gasteiger partial charge in [0.2, 0.25) is 11.8 Å². The van der Waals surface area contributed by atoms with E-state index in [0.717, 1.165) is 28.8 Å². The summed E-state index contributed by atoms with van der Waals surface area (Å²) in [5.74, 6) is -2.72. The maximum Gasteiger partial charge on any atom is 0.270 e. The summed E-state index contributed by atoms with van der Waals surface area (Å²) in [5, 5.41) is 11.1. The van der Waals surface area contributed by atoms with Crippen LogP contribution in [0, 0.1) is 23.0 Å². The van der Waals surface area contributed by atoms with E-state index in [1.165, 1.54) is 29.1 Å². The number of carbonyl (C=O) groups excluding carboxylic acids is 3. The number of allylic oxidation sites excluding steroid dienone is 1. The van der Waals surface area contributed by atoms with Crippen molar-refractivity contribution < 1.29 is 23.2 Å². The molecule has 2 aliphatic rings. The Labute approximate surface area is 236 Å². The zero-order chi connectivity index (χ0) is 29.8. The van der Waals surface area contributed by atoms with Gasteiger partial charge in [-0.3, -0.25) is 14.4 Å². The molecule has 1 saturated heterocycles. The Bertz CT molecular complexity index is 1610. The maximum absolute atomic E-state index is 14.3. The molecule has 3 N–H and O–H groups in total. The van der Waals surface area contributed by atoms with Gasteiger partial charge < -0.3 is 25.5 Å². The van der Waals surface area contributed by atoms with Crippen LogP contribution < -0.4 is 5.32 Å². The number of fused-ring (bicyclic) bond motifs is 3. The van der Waals surface area contributed by atoms with Gasteiger partial charge in [0.1, 0.15) is 23.4 Å². The normalized spacial score (nSPS) is 20.4. The molecule has 3 amide bonds. The molecule has 0 saturated carbocycles. The van der Waals surface area contributed by atoms with Crippen molar-refractivity contribution >= 4 is 46.1 Å². The summed E-state index contributed by atoms with van der Waals surface area (Å²) in [6.07, 6.45) is 1.73. The molecule has 1 aromatic heterocycles. The summed E-state index contributed by atoms with van der Waals surface area (Å²) in [5.41, 5.74) is 2.28. The van der Waals surface area contributed by atoms with Crippen molar-refractivity contribution in [3.63, 3.8) is 0 Å². The predicted molar refractivity (Wildman–Crippen MR) is 154 cm³/mol. The number of H-pyrrole nitrogens is 1. The Morgan fingerprint density at radius 3 is 2.63 bits per heavy atom. The van der Waals surface area contributed by atoms with Gasteiger partial charge in [-0.15, -0.1) is 0 Å². The first kappa shape index (κ1) is 28.2. The van der Waals surface area contributed by atoms with Crippen LogP contribution in [0.5, 0.6) is 0 Å². The molecule has 10 heteroatoms. The highest BCUT2D eigenvalue weighted by Gasteiger charge is 2.56. The number of likely N-dealkylation sites (tertiary alicyclic amines) is 1. The van der Waals surface area contributed by atoms with Gasteiger partial charge in [-0.1, -0.05) is 32.1 Å². The predicted octanol–water partition coefficient (Wildman–Crippen LogP) is 5.11. The first-order valence-corrected chi connectivity index (χ1v) is 13.5. The van der Waals surface area contributed by atoms with E-state index in [1.54, 1.807) is 0 Å². The lowest BCUT2D eigenvalue weighted by atomic mass is 9.79. The van der Waals surface area contributed by atoms with E-state index < -0.39 is 35.0 Å². The average Bonchev–Trinajstić information content (AvgIpc) is 3.60. The van der Waals surface area contributed by atoms with Crippen molar-refractivity contribution in [1.82, 2.24) is 14.8 Å². The van der Waals surface area contributed by atoms with Gasteiger partial charge in [-0.2, -0.15) is 0 Å². The first-order chi connectivity index (χ1) is 19.4. The molecule has 5 rings (SSSR count). The summed E-state index contributed by atoms with van der Waals surface area (Å²) in [6.45, 7) is 9.80. The molecule has 1 spiro atoms. The quantitative estimate of drug-likeness (QED) is 0.349. The van der Waals surface area contributed by atoms with Crippen LogP contribution in [0.1, 0.15) is 55.2 Å². The van der Waals surface area contributed by atoms with Crippen molar-refractivity contribution in [3.8, 4) is 0 Å². The van der Waals surface area contributed by atoms with Crippen molar-refractivity contribution in [2.75, 3.05) is 18.9 Å². The Morgan fingerprint density at radius 1 is 1.24 bits per heavy atom. The number of hydrogen-bond acceptors (Lipinski definition) is 4. The van der Waals surface area contributed by atoms with Gasteiger partial charge in [0.25, 0.3) is 5.91 Å². The topological polar surface area (TPSA) is 109 Å². The van der Waals surface area contributed by atoms with Gasteiger partial charge in [0.15, 0.2) is 0 Å². The monoisotopic (exact) mass is 561 g/mol. The number of aromatic nitrogens is 1. The zero-order valence-electron chi connectivity index (χ0n) is 23.5. The largest absolute Gasteiger partial charge is 0.350 e. The highest BCUT2D eigenvalue weighted by Crippen LogP contribution is 2.47. The molecule has 214 valence electrons. The van der Waals surface area contributed by atoms with Crippen LogP contribution in [0.2, 0.25) is 0 Å². The molecule has 1 fully saturated rings. The van der Waals surface area contributed by atoms with Crippen LogP contribution in [0.3, 0.4) is 0 Å². The molecule has 0 unspecified atom stereocenters. The number of aromatic amines is 1. The SMILES string of the molecule is C=C(C)c1ccc2c(c1)[C@@]1(C[C@@H](C=N)N(C(=O)[C@H](CC(C)C)N(C)C(=O)c3cc4c(F)cc(F)cc4[nH]3)C1)C(=O)N2. The number of rotatable bonds is 7. The minimum absolute atomic E-state index is 0.0199. The second-order valence-electron chi connectivity index (χ2n) is 11.6. The lowest BCUT2D eigenvalue weighted by molar-refractivity contribution is -0.136. The fraction of sp³-hybridized carbons (Fsp3) is 0.355. The molecule has 0 aliphatic carbocycles. The number of nitrogens with one attached hydrogen (secondary N) is 3. The van der Waals surface area contributed by atoms with E-state index in [-0.39, 0.29) is 47.3 Å². The third-order valence-corrected chi connectivity index (χ3v) is 8.23. The van der Waals surface area contributed by atoms with Gasteiger partial charge in [0, 0.05) is 36.9 Å². The van der Waals surface area contributed by atoms with E-state index >= 15 is 0 Å². The minimum Gasteiger partial charge on any atom is -0.350 e. The molecular weight excluding hydrogens is 528 g/mol. The van der Waals surface area contributed by atoms with Crippen molar-refractivity contribution in [2.45, 2.75) is 51.1 Å². The molecule has 0 bridgehead atoms. The molecular formula is C31H33F2N5O3. The summed E-state index contributed by atoms with van der Waals surface area (Å²) < 4.78 is 28.1. The van der Waals surface area contributed by atoms with E-state index in [1.807, 2.05) is 39.0 Å². The van der Waals surface area contributed by atoms with Crippen molar-refractivity contribution in [1.29, 1.82) is 5.41 Å². The highest BCUT2D eigenvalue weighted by molar-refractivity contribution is 6.08. The maximum atomic E-state index is 14.3. The fourth-order valence-corrected chi connectivity index (χ4v) is 6.04. The number of hydrogen-bond donors (Lipinski definition) is 3. The Kier molecular flexibility index (Phi) is 7.05. The summed E-state index contributed by atoms with van der Waals surface area (Å²) >= 11 is 0. The van der Waals surface area contributed by atoms with Crippen LogP contribution in [-0.4, -0.2) is 64.4 Å². The highest BCUT2D eigenvalue weighted by atomic mass is 19.1. The molecule has 0 radical (unpaired) electrons. The second-order valence-corrected chi connectivity index (χ2v) is 11.6. The molecule has 3 atom stereocenters. The lowest BCUT2D eigenvalue weighted by Gasteiger charge is -2.33. The Balaban J connectivity index is 1.48. The van der Waals surface area contributed by atoms with Crippen molar-refractivity contribution in [3.05, 3.63) is 71.4 Å². The van der Waals surface area contributed by atoms with E-state index in [2.05, 4.69) is 16.9 Å². The molecule has 3 heterocycles. The number of nitrogens with zero attached hydrogens (tertiary/aromatic N) is 2. The molecule has 3 aromatic rings. The number of likely N-dealkylation sites (N-methyl/N-ethyl adjacent to an activating group) is 1. The number of carbonyl (C=O) groups is 3. The lowest BCUT2D eigenvalue weighted by Crippen LogP contribution is -2.52. The van der Waals surface area contributed by atoms with Gasteiger partial charge >= 0.3 is 0 Å². The van der Waals surface area contributed by atoms with Crippen LogP contribution in [0.4, 0.5) is 14.5 Å². The van der Waals surface area contributed by atoms with E-state index in [0.29, 0.717) is 12.1 Å². The second kappa shape index (κ2) is 10.2. The Hall–Kier alpha value is -4.34. The molecule has 8 nitrogen and oxygen atoms in total. The molecule has 2 aromatic carbocycles. The van der Waals surface area contributed by atoms with Crippen molar-refractivity contribution in [2.24, 2.45) is 5.92 Å². The smallest absolute Gasteiger partial charge is 0.270 e.